The van der Waals surface area contributed by atoms with Gasteiger partial charge in [-0.3, -0.25) is 0 Å². The first-order valence-electron chi connectivity index (χ1n) is 8.71. The van der Waals surface area contributed by atoms with Crippen molar-refractivity contribution in [2.24, 2.45) is 0 Å². The first-order valence-corrected chi connectivity index (χ1v) is 9.09. The highest BCUT2D eigenvalue weighted by atomic mass is 35.5. The molecule has 0 aliphatic carbocycles. The summed E-state index contributed by atoms with van der Waals surface area (Å²) in [5, 5.41) is 13.7. The molecule has 134 valence electrons. The van der Waals surface area contributed by atoms with Crippen molar-refractivity contribution in [3.8, 4) is 11.6 Å². The van der Waals surface area contributed by atoms with E-state index in [1.165, 1.54) is 0 Å². The van der Waals surface area contributed by atoms with Gasteiger partial charge in [0.25, 0.3) is 0 Å². The molecule has 3 heterocycles. The fourth-order valence-electron chi connectivity index (χ4n) is 3.07. The van der Waals surface area contributed by atoms with E-state index in [2.05, 4.69) is 20.2 Å². The van der Waals surface area contributed by atoms with Gasteiger partial charge in [0, 0.05) is 32.1 Å². The summed E-state index contributed by atoms with van der Waals surface area (Å²) in [5.74, 6) is 2.36. The highest BCUT2D eigenvalue weighted by molar-refractivity contribution is 6.32. The van der Waals surface area contributed by atoms with Gasteiger partial charge in [-0.2, -0.15) is 5.10 Å². The van der Waals surface area contributed by atoms with Crippen LogP contribution in [0.4, 0.5) is 5.82 Å². The fourth-order valence-corrected chi connectivity index (χ4v) is 3.25. The van der Waals surface area contributed by atoms with Gasteiger partial charge in [0.05, 0.1) is 10.7 Å². The quantitative estimate of drug-likeness (QED) is 0.702. The van der Waals surface area contributed by atoms with Crippen molar-refractivity contribution in [2.45, 2.75) is 25.9 Å². The van der Waals surface area contributed by atoms with E-state index in [1.54, 1.807) is 4.68 Å². The second kappa shape index (κ2) is 7.33. The molecule has 0 bridgehead atoms. The van der Waals surface area contributed by atoms with Crippen molar-refractivity contribution >= 4 is 17.4 Å². The summed E-state index contributed by atoms with van der Waals surface area (Å²) in [6.45, 7) is 3.71. The molecule has 0 unspecified atom stereocenters. The Morgan fingerprint density at radius 3 is 2.38 bits per heavy atom. The molecule has 6 nitrogen and oxygen atoms in total. The van der Waals surface area contributed by atoms with Crippen LogP contribution >= 0.6 is 11.6 Å². The SMILES string of the molecule is Cc1ccn(-c2ccc(N3CCC(Oc4ccccc4Cl)CC3)nn2)n1. The summed E-state index contributed by atoms with van der Waals surface area (Å²) >= 11 is 6.17. The van der Waals surface area contributed by atoms with Crippen molar-refractivity contribution in [3.63, 3.8) is 0 Å². The Hall–Kier alpha value is -2.60. The molecular formula is C19H20ClN5O. The summed E-state index contributed by atoms with van der Waals surface area (Å²) < 4.78 is 7.78. The number of anilines is 1. The molecule has 4 rings (SSSR count). The van der Waals surface area contributed by atoms with Crippen LogP contribution in [-0.2, 0) is 0 Å². The molecule has 1 aliphatic rings. The molecular weight excluding hydrogens is 350 g/mol. The van der Waals surface area contributed by atoms with E-state index in [1.807, 2.05) is 55.6 Å². The lowest BCUT2D eigenvalue weighted by atomic mass is 10.1. The minimum Gasteiger partial charge on any atom is -0.489 e. The second-order valence-corrected chi connectivity index (χ2v) is 6.79. The van der Waals surface area contributed by atoms with Gasteiger partial charge < -0.3 is 9.64 Å². The molecule has 2 aromatic heterocycles. The molecule has 1 fully saturated rings. The number of aromatic nitrogens is 4. The summed E-state index contributed by atoms with van der Waals surface area (Å²) in [6, 6.07) is 13.5. The van der Waals surface area contributed by atoms with E-state index in [4.69, 9.17) is 16.3 Å². The number of ether oxygens (including phenoxy) is 1. The summed E-state index contributed by atoms with van der Waals surface area (Å²) in [6.07, 6.45) is 3.90. The van der Waals surface area contributed by atoms with Gasteiger partial charge in [-0.1, -0.05) is 23.7 Å². The highest BCUT2D eigenvalue weighted by Gasteiger charge is 2.22. The van der Waals surface area contributed by atoms with Gasteiger partial charge in [0.1, 0.15) is 11.9 Å². The van der Waals surface area contributed by atoms with Gasteiger partial charge in [-0.25, -0.2) is 4.68 Å². The van der Waals surface area contributed by atoms with Crippen molar-refractivity contribution in [1.29, 1.82) is 0 Å². The van der Waals surface area contributed by atoms with E-state index < -0.39 is 0 Å². The van der Waals surface area contributed by atoms with Crippen LogP contribution < -0.4 is 9.64 Å². The number of benzene rings is 1. The monoisotopic (exact) mass is 369 g/mol. The lowest BCUT2D eigenvalue weighted by Crippen LogP contribution is -2.38. The minimum absolute atomic E-state index is 0.172. The van der Waals surface area contributed by atoms with Crippen molar-refractivity contribution in [2.75, 3.05) is 18.0 Å². The van der Waals surface area contributed by atoms with Crippen LogP contribution in [-0.4, -0.2) is 39.2 Å². The number of halogens is 1. The molecule has 1 aromatic carbocycles. The topological polar surface area (TPSA) is 56.1 Å². The van der Waals surface area contributed by atoms with Crippen LogP contribution in [0, 0.1) is 6.92 Å². The third-order valence-electron chi connectivity index (χ3n) is 4.49. The summed E-state index contributed by atoms with van der Waals surface area (Å²) in [5.41, 5.74) is 0.955. The minimum atomic E-state index is 0.172. The second-order valence-electron chi connectivity index (χ2n) is 6.39. The van der Waals surface area contributed by atoms with Gasteiger partial charge in [-0.05, 0) is 37.3 Å². The van der Waals surface area contributed by atoms with Crippen molar-refractivity contribution in [3.05, 3.63) is 59.4 Å². The number of hydrogen-bond acceptors (Lipinski definition) is 5. The van der Waals surface area contributed by atoms with Crippen LogP contribution in [0.1, 0.15) is 18.5 Å². The Morgan fingerprint density at radius 1 is 1.00 bits per heavy atom. The van der Waals surface area contributed by atoms with Crippen LogP contribution in [0.15, 0.2) is 48.7 Å². The van der Waals surface area contributed by atoms with E-state index in [0.717, 1.165) is 49.0 Å². The highest BCUT2D eigenvalue weighted by Crippen LogP contribution is 2.27. The van der Waals surface area contributed by atoms with Gasteiger partial charge in [0.2, 0.25) is 0 Å². The number of aryl methyl sites for hydroxylation is 1. The van der Waals surface area contributed by atoms with E-state index >= 15 is 0 Å². The molecule has 7 heteroatoms. The average molecular weight is 370 g/mol. The Kier molecular flexibility index (Phi) is 4.75. The Balaban J connectivity index is 1.36. The van der Waals surface area contributed by atoms with Crippen molar-refractivity contribution < 1.29 is 4.74 Å². The molecule has 0 radical (unpaired) electrons. The maximum atomic E-state index is 6.17. The normalized spacial score (nSPS) is 15.2. The first kappa shape index (κ1) is 16.8. The largest absolute Gasteiger partial charge is 0.489 e. The molecule has 0 atom stereocenters. The maximum absolute atomic E-state index is 6.17. The number of para-hydroxylation sites is 1. The van der Waals surface area contributed by atoms with Crippen LogP contribution in [0.2, 0.25) is 5.02 Å². The molecule has 0 saturated carbocycles. The Bertz CT molecular complexity index is 872. The predicted octanol–water partition coefficient (Wildman–Crippen LogP) is 3.67. The Morgan fingerprint density at radius 2 is 1.73 bits per heavy atom. The summed E-state index contributed by atoms with van der Waals surface area (Å²) in [4.78, 5) is 2.23. The standard InChI is InChI=1S/C19H20ClN5O/c1-14-8-13-25(23-14)19-7-6-18(21-22-19)24-11-9-15(10-12-24)26-17-5-3-2-4-16(17)20/h2-8,13,15H,9-12H2,1H3. The zero-order valence-corrected chi connectivity index (χ0v) is 15.3. The number of rotatable bonds is 4. The van der Waals surface area contributed by atoms with Crippen LogP contribution in [0.25, 0.3) is 5.82 Å². The average Bonchev–Trinajstić information content (AvgIpc) is 3.11. The number of piperidine rings is 1. The maximum Gasteiger partial charge on any atom is 0.175 e. The third-order valence-corrected chi connectivity index (χ3v) is 4.80. The molecule has 1 aliphatic heterocycles. The van der Waals surface area contributed by atoms with Gasteiger partial charge in [0.15, 0.2) is 11.6 Å². The van der Waals surface area contributed by atoms with Crippen LogP contribution in [0.3, 0.4) is 0 Å². The van der Waals surface area contributed by atoms with E-state index in [9.17, 15) is 0 Å². The van der Waals surface area contributed by atoms with E-state index in [0.29, 0.717) is 5.02 Å². The zero-order valence-electron chi connectivity index (χ0n) is 14.5. The van der Waals surface area contributed by atoms with Crippen molar-refractivity contribution in [1.82, 2.24) is 20.0 Å². The number of hydrogen-bond donors (Lipinski definition) is 0. The zero-order chi connectivity index (χ0) is 17.9. The molecule has 0 spiro atoms. The Labute approximate surface area is 157 Å². The third kappa shape index (κ3) is 3.65. The predicted molar refractivity (Wildman–Crippen MR) is 101 cm³/mol. The molecule has 3 aromatic rings. The van der Waals surface area contributed by atoms with Gasteiger partial charge >= 0.3 is 0 Å². The smallest absolute Gasteiger partial charge is 0.175 e. The summed E-state index contributed by atoms with van der Waals surface area (Å²) in [7, 11) is 0. The molecule has 0 N–H and O–H groups in total. The number of nitrogens with zero attached hydrogens (tertiary/aromatic N) is 5. The van der Waals surface area contributed by atoms with E-state index in [-0.39, 0.29) is 6.10 Å². The lowest BCUT2D eigenvalue weighted by molar-refractivity contribution is 0.171. The fraction of sp³-hybridized carbons (Fsp3) is 0.316. The van der Waals surface area contributed by atoms with Crippen LogP contribution in [0.5, 0.6) is 5.75 Å². The first-order chi connectivity index (χ1) is 12.7. The molecule has 26 heavy (non-hydrogen) atoms. The molecule has 1 saturated heterocycles. The lowest BCUT2D eigenvalue weighted by Gasteiger charge is -2.32. The van der Waals surface area contributed by atoms with Gasteiger partial charge in [-0.15, -0.1) is 10.2 Å². The molecule has 0 amide bonds.